The van der Waals surface area contributed by atoms with Crippen LogP contribution >= 0.6 is 23.1 Å². The number of nitrogens with zero attached hydrogens (tertiary/aromatic N) is 3. The Morgan fingerprint density at radius 1 is 1.35 bits per heavy atom. The third kappa shape index (κ3) is 4.72. The first-order valence-corrected chi connectivity index (χ1v) is 7.88. The van der Waals surface area contributed by atoms with Crippen molar-refractivity contribution in [3.8, 4) is 0 Å². The first-order chi connectivity index (χ1) is 11.0. The maximum Gasteiger partial charge on any atom is 0.396 e. The highest BCUT2D eigenvalue weighted by Gasteiger charge is 2.16. The van der Waals surface area contributed by atoms with Gasteiger partial charge >= 0.3 is 11.9 Å². The van der Waals surface area contributed by atoms with Crippen molar-refractivity contribution >= 4 is 45.8 Å². The van der Waals surface area contributed by atoms with Crippen LogP contribution in [0.15, 0.2) is 28.6 Å². The summed E-state index contributed by atoms with van der Waals surface area (Å²) in [7, 11) is 1.10. The molecule has 0 fully saturated rings. The van der Waals surface area contributed by atoms with Crippen molar-refractivity contribution in [2.45, 2.75) is 10.1 Å². The summed E-state index contributed by atoms with van der Waals surface area (Å²) in [4.78, 5) is 32.4. The summed E-state index contributed by atoms with van der Waals surface area (Å²) >= 11 is 2.47. The molecule has 23 heavy (non-hydrogen) atoms. The van der Waals surface area contributed by atoms with Gasteiger partial charge < -0.3 is 4.74 Å². The third-order valence-corrected chi connectivity index (χ3v) is 4.55. The highest BCUT2D eigenvalue weighted by molar-refractivity contribution is 8.00. The molecule has 0 spiro atoms. The zero-order valence-corrected chi connectivity index (χ0v) is 13.3. The molecule has 2 rings (SSSR count). The topological polar surface area (TPSA) is 124 Å². The van der Waals surface area contributed by atoms with E-state index in [1.165, 1.54) is 23.9 Å². The Bertz CT molecular complexity index is 731. The Kier molecular flexibility index (Phi) is 5.60. The van der Waals surface area contributed by atoms with Crippen molar-refractivity contribution in [3.63, 3.8) is 0 Å². The number of nitrogens with one attached hydrogen (secondary N) is 1. The number of nitro groups is 1. The summed E-state index contributed by atoms with van der Waals surface area (Å²) in [5, 5.41) is 20.6. The minimum atomic E-state index is -1.01. The van der Waals surface area contributed by atoms with E-state index in [4.69, 9.17) is 0 Å². The van der Waals surface area contributed by atoms with E-state index >= 15 is 0 Å². The van der Waals surface area contributed by atoms with Crippen molar-refractivity contribution in [1.29, 1.82) is 0 Å². The van der Waals surface area contributed by atoms with Crippen LogP contribution < -0.4 is 5.32 Å². The molecule has 0 bridgehead atoms. The summed E-state index contributed by atoms with van der Waals surface area (Å²) in [6.45, 7) is 0. The minimum Gasteiger partial charge on any atom is -0.462 e. The number of methoxy groups -OCH3 is 1. The van der Waals surface area contributed by atoms with Gasteiger partial charge in [-0.15, -0.1) is 10.2 Å². The third-order valence-electron chi connectivity index (χ3n) is 2.51. The molecule has 1 N–H and O–H groups in total. The number of thioether (sulfide) groups is 1. The van der Waals surface area contributed by atoms with Gasteiger partial charge in [0.15, 0.2) is 4.34 Å². The quantitative estimate of drug-likeness (QED) is 0.215. The second-order valence-corrected chi connectivity index (χ2v) is 6.23. The second kappa shape index (κ2) is 7.65. The molecule has 1 aromatic heterocycles. The molecule has 1 heterocycles. The van der Waals surface area contributed by atoms with Crippen LogP contribution in [-0.4, -0.2) is 34.1 Å². The van der Waals surface area contributed by atoms with E-state index < -0.39 is 16.8 Å². The molecule has 0 saturated heterocycles. The predicted octanol–water partition coefficient (Wildman–Crippen LogP) is 1.85. The van der Waals surface area contributed by atoms with Crippen LogP contribution in [0.5, 0.6) is 0 Å². The number of aromatic nitrogens is 2. The lowest BCUT2D eigenvalue weighted by molar-refractivity contribution is -0.384. The number of non-ortho nitro benzene ring substituents is 1. The van der Waals surface area contributed by atoms with Gasteiger partial charge in [0, 0.05) is 17.9 Å². The Morgan fingerprint density at radius 3 is 2.65 bits per heavy atom. The van der Waals surface area contributed by atoms with Crippen LogP contribution in [0.1, 0.15) is 5.56 Å². The van der Waals surface area contributed by atoms with Gasteiger partial charge in [-0.05, 0) is 5.56 Å². The standard InChI is InChI=1S/C12H10N4O5S2/c1-21-10(18)9(17)13-11-14-15-12(23-11)22-6-7-2-4-8(5-3-7)16(19)20/h2-5H,6H2,1H3,(H,13,14,17). The Labute approximate surface area is 138 Å². The van der Waals surface area contributed by atoms with Gasteiger partial charge in [-0.2, -0.15) is 0 Å². The molecule has 11 heteroatoms. The van der Waals surface area contributed by atoms with E-state index in [9.17, 15) is 19.7 Å². The molecule has 0 unspecified atom stereocenters. The van der Waals surface area contributed by atoms with Crippen molar-refractivity contribution in [3.05, 3.63) is 39.9 Å². The van der Waals surface area contributed by atoms with Crippen LogP contribution in [0, 0.1) is 10.1 Å². The van der Waals surface area contributed by atoms with Gasteiger partial charge in [-0.3, -0.25) is 20.2 Å². The Hall–Kier alpha value is -2.53. The Balaban J connectivity index is 1.90. The van der Waals surface area contributed by atoms with E-state index in [0.29, 0.717) is 10.1 Å². The summed E-state index contributed by atoms with van der Waals surface area (Å²) in [6.07, 6.45) is 0. The average molecular weight is 354 g/mol. The fraction of sp³-hybridized carbons (Fsp3) is 0.167. The largest absolute Gasteiger partial charge is 0.462 e. The lowest BCUT2D eigenvalue weighted by Crippen LogP contribution is -2.23. The summed E-state index contributed by atoms with van der Waals surface area (Å²) in [5.41, 5.74) is 0.915. The number of carbonyl (C=O) groups is 2. The van der Waals surface area contributed by atoms with Crippen LogP contribution in [0.25, 0.3) is 0 Å². The molecule has 2 aromatic rings. The van der Waals surface area contributed by atoms with Crippen LogP contribution in [0.2, 0.25) is 0 Å². The monoisotopic (exact) mass is 354 g/mol. The molecule has 120 valence electrons. The van der Waals surface area contributed by atoms with Crippen molar-refractivity contribution < 1.29 is 19.2 Å². The molecule has 0 aliphatic heterocycles. The van der Waals surface area contributed by atoms with E-state index in [0.717, 1.165) is 24.0 Å². The Morgan fingerprint density at radius 2 is 2.04 bits per heavy atom. The van der Waals surface area contributed by atoms with Gasteiger partial charge in [0.2, 0.25) is 5.13 Å². The minimum absolute atomic E-state index is 0.0301. The van der Waals surface area contributed by atoms with E-state index in [1.54, 1.807) is 12.1 Å². The van der Waals surface area contributed by atoms with Gasteiger partial charge in [0.25, 0.3) is 5.69 Å². The normalized spacial score (nSPS) is 10.1. The molecule has 0 saturated carbocycles. The number of hydrogen-bond donors (Lipinski definition) is 1. The zero-order valence-electron chi connectivity index (χ0n) is 11.7. The molecule has 1 amide bonds. The lowest BCUT2D eigenvalue weighted by Gasteiger charge is -1.98. The highest BCUT2D eigenvalue weighted by Crippen LogP contribution is 2.28. The smallest absolute Gasteiger partial charge is 0.396 e. The van der Waals surface area contributed by atoms with Crippen LogP contribution in [0.4, 0.5) is 10.8 Å². The first kappa shape index (κ1) is 16.8. The molecule has 0 aliphatic rings. The zero-order chi connectivity index (χ0) is 16.8. The van der Waals surface area contributed by atoms with E-state index in [-0.39, 0.29) is 10.8 Å². The molecule has 0 aliphatic carbocycles. The van der Waals surface area contributed by atoms with Gasteiger partial charge in [-0.25, -0.2) is 4.79 Å². The number of benzene rings is 1. The number of esters is 1. The van der Waals surface area contributed by atoms with Crippen molar-refractivity contribution in [2.75, 3.05) is 12.4 Å². The number of ether oxygens (including phenoxy) is 1. The fourth-order valence-corrected chi connectivity index (χ4v) is 3.12. The SMILES string of the molecule is COC(=O)C(=O)Nc1nnc(SCc2ccc([N+](=O)[O-])cc2)s1. The van der Waals surface area contributed by atoms with Gasteiger partial charge in [0.1, 0.15) is 0 Å². The maximum absolute atomic E-state index is 11.3. The molecule has 0 atom stereocenters. The van der Waals surface area contributed by atoms with Gasteiger partial charge in [-0.1, -0.05) is 35.2 Å². The first-order valence-electron chi connectivity index (χ1n) is 6.08. The van der Waals surface area contributed by atoms with E-state index in [1.807, 2.05) is 0 Å². The molecule has 0 radical (unpaired) electrons. The van der Waals surface area contributed by atoms with E-state index in [2.05, 4.69) is 20.3 Å². The predicted molar refractivity (Wildman–Crippen MR) is 83.2 cm³/mol. The van der Waals surface area contributed by atoms with Crippen molar-refractivity contribution in [2.24, 2.45) is 0 Å². The van der Waals surface area contributed by atoms with Gasteiger partial charge in [0.05, 0.1) is 12.0 Å². The highest BCUT2D eigenvalue weighted by atomic mass is 32.2. The van der Waals surface area contributed by atoms with Crippen LogP contribution in [-0.2, 0) is 20.1 Å². The summed E-state index contributed by atoms with van der Waals surface area (Å²) < 4.78 is 4.86. The molecular weight excluding hydrogens is 344 g/mol. The fourth-order valence-electron chi connectivity index (χ4n) is 1.42. The lowest BCUT2D eigenvalue weighted by atomic mass is 10.2. The molecule has 1 aromatic carbocycles. The summed E-state index contributed by atoms with van der Waals surface area (Å²) in [5.74, 6) is -1.40. The molecular formula is C12H10N4O5S2. The number of carbonyl (C=O) groups excluding carboxylic acids is 2. The molecule has 9 nitrogen and oxygen atoms in total. The van der Waals surface area contributed by atoms with Crippen LogP contribution in [0.3, 0.4) is 0 Å². The van der Waals surface area contributed by atoms with Crippen molar-refractivity contribution in [1.82, 2.24) is 10.2 Å². The average Bonchev–Trinajstić information content (AvgIpc) is 2.99. The number of anilines is 1. The summed E-state index contributed by atoms with van der Waals surface area (Å²) in [6, 6.07) is 6.17. The number of nitro benzene ring substituents is 1. The second-order valence-electron chi connectivity index (χ2n) is 4.03. The maximum atomic E-state index is 11.3. The number of hydrogen-bond acceptors (Lipinski definition) is 9. The number of rotatable bonds is 5. The number of amides is 1.